The van der Waals surface area contributed by atoms with Crippen molar-refractivity contribution in [2.75, 3.05) is 7.11 Å². The summed E-state index contributed by atoms with van der Waals surface area (Å²) in [4.78, 5) is 0. The molecule has 0 N–H and O–H groups in total. The number of hydrogen-bond donors (Lipinski definition) is 0. The van der Waals surface area contributed by atoms with Gasteiger partial charge in [-0.1, -0.05) is 106 Å². The van der Waals surface area contributed by atoms with Crippen LogP contribution in [0.4, 0.5) is 0 Å². The molecule has 0 amide bonds. The molecule has 0 heterocycles. The number of hydrogen-bond acceptors (Lipinski definition) is 1. The molecule has 0 saturated heterocycles. The van der Waals surface area contributed by atoms with Crippen molar-refractivity contribution in [1.82, 2.24) is 0 Å². The first-order chi connectivity index (χ1) is 9.68. The highest BCUT2D eigenvalue weighted by Gasteiger charge is 2.29. The topological polar surface area (TPSA) is 9.23 Å². The molecule has 0 aliphatic carbocycles. The van der Waals surface area contributed by atoms with Gasteiger partial charge in [0.2, 0.25) is 0 Å². The van der Waals surface area contributed by atoms with Crippen LogP contribution in [0.2, 0.25) is 12.1 Å². The third-order valence-corrected chi connectivity index (χ3v) is 10.5. The van der Waals surface area contributed by atoms with Crippen molar-refractivity contribution < 1.29 is 4.43 Å². The lowest BCUT2D eigenvalue weighted by Crippen LogP contribution is -2.29. The minimum absolute atomic E-state index is 1.30. The second-order valence-electron chi connectivity index (χ2n) is 6.12. The smallest absolute Gasteiger partial charge is 0.263 e. The van der Waals surface area contributed by atoms with Crippen molar-refractivity contribution in [1.29, 1.82) is 0 Å². The molecule has 0 aliphatic rings. The summed E-state index contributed by atoms with van der Waals surface area (Å²) < 4.78 is 5.85. The van der Waals surface area contributed by atoms with Gasteiger partial charge in [-0.3, -0.25) is 0 Å². The maximum absolute atomic E-state index is 5.85. The van der Waals surface area contributed by atoms with E-state index in [-0.39, 0.29) is 0 Å². The Labute approximate surface area is 137 Å². The molecular formula is C17H37BrOSi. The third-order valence-electron chi connectivity index (χ3n) is 4.17. The van der Waals surface area contributed by atoms with Crippen LogP contribution >= 0.6 is 15.3 Å². The minimum atomic E-state index is -1.55. The molecule has 0 aromatic heterocycles. The largest absolute Gasteiger partial charge is 0.410 e. The van der Waals surface area contributed by atoms with Crippen LogP contribution in [0.5, 0.6) is 0 Å². The van der Waals surface area contributed by atoms with E-state index in [1.165, 1.54) is 89.1 Å². The Bertz CT molecular complexity index is 183. The monoisotopic (exact) mass is 364 g/mol. The van der Waals surface area contributed by atoms with Crippen LogP contribution in [0.1, 0.15) is 90.9 Å². The van der Waals surface area contributed by atoms with Crippen LogP contribution in [0.25, 0.3) is 0 Å². The van der Waals surface area contributed by atoms with Gasteiger partial charge in [-0.15, -0.1) is 0 Å². The molecule has 0 saturated carbocycles. The van der Waals surface area contributed by atoms with E-state index in [2.05, 4.69) is 29.1 Å². The highest BCUT2D eigenvalue weighted by Crippen LogP contribution is 2.29. The summed E-state index contributed by atoms with van der Waals surface area (Å²) in [6.45, 7) is 3.01. The van der Waals surface area contributed by atoms with Gasteiger partial charge in [-0.25, -0.2) is 0 Å². The molecule has 0 aromatic rings. The fourth-order valence-corrected chi connectivity index (χ4v) is 6.56. The van der Waals surface area contributed by atoms with Gasteiger partial charge >= 0.3 is 0 Å². The normalized spacial score (nSPS) is 12.0. The Balaban J connectivity index is 3.57. The number of unbranched alkanes of at least 4 members (excludes halogenated alkanes) is 10. The SMILES string of the molecule is CCCCCCCC[Si](Br)(CCCCCCCC)OC. The summed E-state index contributed by atoms with van der Waals surface area (Å²) in [5.41, 5.74) is 0. The first-order valence-corrected chi connectivity index (χ1v) is 13.5. The maximum atomic E-state index is 5.85. The van der Waals surface area contributed by atoms with E-state index in [9.17, 15) is 0 Å². The molecule has 0 fully saturated rings. The van der Waals surface area contributed by atoms with Gasteiger partial charge in [-0.05, 0) is 12.1 Å². The van der Waals surface area contributed by atoms with Crippen molar-refractivity contribution >= 4 is 22.2 Å². The molecule has 0 aromatic carbocycles. The molecule has 0 atom stereocenters. The number of halogens is 1. The Morgan fingerprint density at radius 1 is 0.650 bits per heavy atom. The van der Waals surface area contributed by atoms with Crippen LogP contribution in [-0.2, 0) is 4.43 Å². The predicted octanol–water partition coefficient (Wildman–Crippen LogP) is 7.19. The average molecular weight is 365 g/mol. The molecule has 0 spiro atoms. The van der Waals surface area contributed by atoms with Gasteiger partial charge in [-0.2, -0.15) is 0 Å². The van der Waals surface area contributed by atoms with Crippen LogP contribution in [-0.4, -0.2) is 14.0 Å². The summed E-state index contributed by atoms with van der Waals surface area (Å²) in [5.74, 6) is 0. The van der Waals surface area contributed by atoms with E-state index < -0.39 is 6.94 Å². The van der Waals surface area contributed by atoms with E-state index in [1.807, 2.05) is 7.11 Å². The van der Waals surface area contributed by atoms with Gasteiger partial charge in [0, 0.05) is 7.11 Å². The zero-order chi connectivity index (χ0) is 15.1. The number of rotatable bonds is 15. The Morgan fingerprint density at radius 2 is 1.00 bits per heavy atom. The van der Waals surface area contributed by atoms with Gasteiger partial charge < -0.3 is 4.43 Å². The van der Waals surface area contributed by atoms with Crippen molar-refractivity contribution in [2.45, 2.75) is 103 Å². The lowest BCUT2D eigenvalue weighted by molar-refractivity contribution is 0.406. The van der Waals surface area contributed by atoms with Crippen LogP contribution < -0.4 is 0 Å². The molecule has 20 heavy (non-hydrogen) atoms. The third kappa shape index (κ3) is 12.4. The molecule has 0 unspecified atom stereocenters. The van der Waals surface area contributed by atoms with Crippen molar-refractivity contribution in [3.8, 4) is 0 Å². The molecule has 0 bridgehead atoms. The standard InChI is InChI=1S/C17H37BrOSi/c1-4-6-8-10-12-14-16-20(18,19-3)17-15-13-11-9-7-5-2/h4-17H2,1-3H3. The summed E-state index contributed by atoms with van der Waals surface area (Å²) >= 11 is 3.97. The van der Waals surface area contributed by atoms with Crippen LogP contribution in [0, 0.1) is 0 Å². The first-order valence-electron chi connectivity index (χ1n) is 8.92. The van der Waals surface area contributed by atoms with Gasteiger partial charge in [0.15, 0.2) is 0 Å². The van der Waals surface area contributed by atoms with Crippen molar-refractivity contribution in [3.05, 3.63) is 0 Å². The Hall–Kier alpha value is 0.657. The fourth-order valence-electron chi connectivity index (χ4n) is 2.67. The zero-order valence-electron chi connectivity index (χ0n) is 14.2. The second-order valence-corrected chi connectivity index (χ2v) is 13.6. The maximum Gasteiger partial charge on any atom is 0.263 e. The molecule has 0 rings (SSSR count). The zero-order valence-corrected chi connectivity index (χ0v) is 16.8. The highest BCUT2D eigenvalue weighted by atomic mass is 79.9. The molecule has 0 radical (unpaired) electrons. The lowest BCUT2D eigenvalue weighted by atomic mass is 10.1. The van der Waals surface area contributed by atoms with Crippen LogP contribution in [0.15, 0.2) is 0 Å². The molecule has 1 nitrogen and oxygen atoms in total. The van der Waals surface area contributed by atoms with Crippen molar-refractivity contribution in [2.24, 2.45) is 0 Å². The molecular weight excluding hydrogens is 328 g/mol. The van der Waals surface area contributed by atoms with Crippen LogP contribution in [0.3, 0.4) is 0 Å². The summed E-state index contributed by atoms with van der Waals surface area (Å²) in [6, 6.07) is 2.59. The average Bonchev–Trinajstić information content (AvgIpc) is 2.46. The lowest BCUT2D eigenvalue weighted by Gasteiger charge is -2.23. The van der Waals surface area contributed by atoms with E-state index in [0.29, 0.717) is 0 Å². The van der Waals surface area contributed by atoms with E-state index >= 15 is 0 Å². The highest BCUT2D eigenvalue weighted by molar-refractivity contribution is 9.25. The first kappa shape index (κ1) is 20.7. The van der Waals surface area contributed by atoms with E-state index in [4.69, 9.17) is 4.43 Å². The van der Waals surface area contributed by atoms with Gasteiger partial charge in [0.25, 0.3) is 6.94 Å². The van der Waals surface area contributed by atoms with Crippen molar-refractivity contribution in [3.63, 3.8) is 0 Å². The summed E-state index contributed by atoms with van der Waals surface area (Å²) in [6.07, 6.45) is 16.6. The summed E-state index contributed by atoms with van der Waals surface area (Å²) in [5, 5.41) is 0. The Kier molecular flexibility index (Phi) is 15.1. The van der Waals surface area contributed by atoms with E-state index in [0.717, 1.165) is 0 Å². The molecule has 3 heteroatoms. The second kappa shape index (κ2) is 14.6. The van der Waals surface area contributed by atoms with Gasteiger partial charge in [0.1, 0.15) is 0 Å². The quantitative estimate of drug-likeness (QED) is 0.169. The molecule has 0 aliphatic heterocycles. The predicted molar refractivity (Wildman–Crippen MR) is 98.1 cm³/mol. The fraction of sp³-hybridized carbons (Fsp3) is 1.00. The summed E-state index contributed by atoms with van der Waals surface area (Å²) in [7, 11) is 1.91. The Morgan fingerprint density at radius 3 is 1.35 bits per heavy atom. The minimum Gasteiger partial charge on any atom is -0.410 e. The van der Waals surface area contributed by atoms with E-state index in [1.54, 1.807) is 0 Å². The van der Waals surface area contributed by atoms with Gasteiger partial charge in [0.05, 0.1) is 0 Å². The molecule has 122 valence electrons.